The van der Waals surface area contributed by atoms with Crippen molar-refractivity contribution in [2.75, 3.05) is 6.61 Å². The molecule has 2 aromatic rings. The number of ether oxygens (including phenoxy) is 1. The van der Waals surface area contributed by atoms with E-state index < -0.39 is 0 Å². The zero-order valence-corrected chi connectivity index (χ0v) is 13.5. The van der Waals surface area contributed by atoms with Crippen LogP contribution in [0.2, 0.25) is 0 Å². The Morgan fingerprint density at radius 3 is 2.65 bits per heavy atom. The predicted octanol–water partition coefficient (Wildman–Crippen LogP) is 2.93. The van der Waals surface area contributed by atoms with Gasteiger partial charge in [0.1, 0.15) is 11.5 Å². The van der Waals surface area contributed by atoms with Gasteiger partial charge in [-0.05, 0) is 50.1 Å². The number of phenols is 1. The lowest BCUT2D eigenvalue weighted by molar-refractivity contribution is -0.123. The standard InChI is InChI=1S/C18H20N2O3/c1-12-7-6-10-17(13(12)2)23-11-18(22)20-19-14(3)15-8-4-5-9-16(15)21/h4-10,21H,11H2,1-3H3,(H,20,22)/b19-14-. The Hall–Kier alpha value is -2.82. The molecule has 120 valence electrons. The number of hydrazone groups is 1. The van der Waals surface area contributed by atoms with Crippen LogP contribution in [-0.2, 0) is 4.79 Å². The van der Waals surface area contributed by atoms with Crippen molar-refractivity contribution in [1.82, 2.24) is 5.43 Å². The molecule has 0 saturated heterocycles. The van der Waals surface area contributed by atoms with Crippen molar-refractivity contribution in [2.45, 2.75) is 20.8 Å². The van der Waals surface area contributed by atoms with E-state index in [4.69, 9.17) is 4.74 Å². The van der Waals surface area contributed by atoms with Crippen LogP contribution >= 0.6 is 0 Å². The van der Waals surface area contributed by atoms with Crippen molar-refractivity contribution in [1.29, 1.82) is 0 Å². The molecule has 2 rings (SSSR count). The van der Waals surface area contributed by atoms with E-state index in [9.17, 15) is 9.90 Å². The third-order valence-corrected chi connectivity index (χ3v) is 3.56. The molecule has 2 aromatic carbocycles. The number of aryl methyl sites for hydroxylation is 1. The molecule has 0 aliphatic rings. The number of hydrogen-bond acceptors (Lipinski definition) is 4. The van der Waals surface area contributed by atoms with Crippen LogP contribution < -0.4 is 10.2 Å². The molecule has 23 heavy (non-hydrogen) atoms. The molecule has 5 heteroatoms. The minimum Gasteiger partial charge on any atom is -0.507 e. The highest BCUT2D eigenvalue weighted by Crippen LogP contribution is 2.20. The van der Waals surface area contributed by atoms with Gasteiger partial charge in [-0.3, -0.25) is 4.79 Å². The highest BCUT2D eigenvalue weighted by atomic mass is 16.5. The first-order chi connectivity index (χ1) is 11.0. The van der Waals surface area contributed by atoms with E-state index >= 15 is 0 Å². The number of carbonyl (C=O) groups excluding carboxylic acids is 1. The van der Waals surface area contributed by atoms with Gasteiger partial charge in [0.2, 0.25) is 0 Å². The summed E-state index contributed by atoms with van der Waals surface area (Å²) in [6.07, 6.45) is 0. The second-order valence-electron chi connectivity index (χ2n) is 5.24. The lowest BCUT2D eigenvalue weighted by Gasteiger charge is -2.10. The Labute approximate surface area is 135 Å². The van der Waals surface area contributed by atoms with Crippen LogP contribution in [-0.4, -0.2) is 23.3 Å². The SMILES string of the molecule is C/C(=N/NC(=O)COc1cccc(C)c1C)c1ccccc1O. The molecule has 0 radical (unpaired) electrons. The van der Waals surface area contributed by atoms with Gasteiger partial charge < -0.3 is 9.84 Å². The number of carbonyl (C=O) groups is 1. The van der Waals surface area contributed by atoms with Crippen molar-refractivity contribution in [2.24, 2.45) is 5.10 Å². The van der Waals surface area contributed by atoms with Gasteiger partial charge in [0.15, 0.2) is 6.61 Å². The van der Waals surface area contributed by atoms with E-state index in [0.717, 1.165) is 11.1 Å². The smallest absolute Gasteiger partial charge is 0.277 e. The van der Waals surface area contributed by atoms with Gasteiger partial charge in [0.05, 0.1) is 5.71 Å². The molecule has 5 nitrogen and oxygen atoms in total. The van der Waals surface area contributed by atoms with E-state index in [2.05, 4.69) is 10.5 Å². The normalized spacial score (nSPS) is 11.2. The Morgan fingerprint density at radius 2 is 1.91 bits per heavy atom. The van der Waals surface area contributed by atoms with Crippen LogP contribution in [0.5, 0.6) is 11.5 Å². The van der Waals surface area contributed by atoms with Gasteiger partial charge >= 0.3 is 0 Å². The van der Waals surface area contributed by atoms with Crippen molar-refractivity contribution >= 4 is 11.6 Å². The minimum absolute atomic E-state index is 0.120. The average Bonchev–Trinajstić information content (AvgIpc) is 2.54. The van der Waals surface area contributed by atoms with Crippen LogP contribution in [0.3, 0.4) is 0 Å². The van der Waals surface area contributed by atoms with Crippen LogP contribution in [0.4, 0.5) is 0 Å². The molecular weight excluding hydrogens is 292 g/mol. The number of nitrogens with zero attached hydrogens (tertiary/aromatic N) is 1. The van der Waals surface area contributed by atoms with Gasteiger partial charge in [-0.15, -0.1) is 0 Å². The zero-order valence-electron chi connectivity index (χ0n) is 13.5. The predicted molar refractivity (Wildman–Crippen MR) is 89.9 cm³/mol. The molecule has 0 aromatic heterocycles. The summed E-state index contributed by atoms with van der Waals surface area (Å²) < 4.78 is 5.51. The summed E-state index contributed by atoms with van der Waals surface area (Å²) in [5, 5.41) is 13.7. The first-order valence-corrected chi connectivity index (χ1v) is 7.29. The van der Waals surface area contributed by atoms with Crippen LogP contribution in [0.15, 0.2) is 47.6 Å². The monoisotopic (exact) mass is 312 g/mol. The van der Waals surface area contributed by atoms with E-state index in [1.54, 1.807) is 31.2 Å². The summed E-state index contributed by atoms with van der Waals surface area (Å²) >= 11 is 0. The van der Waals surface area contributed by atoms with Crippen molar-refractivity contribution in [3.63, 3.8) is 0 Å². The van der Waals surface area contributed by atoms with E-state index in [0.29, 0.717) is 17.0 Å². The fourth-order valence-corrected chi connectivity index (χ4v) is 2.04. The maximum atomic E-state index is 11.8. The maximum Gasteiger partial charge on any atom is 0.277 e. The lowest BCUT2D eigenvalue weighted by atomic mass is 10.1. The fraction of sp³-hybridized carbons (Fsp3) is 0.222. The summed E-state index contributed by atoms with van der Waals surface area (Å²) in [5.41, 5.74) is 5.63. The molecule has 0 heterocycles. The minimum atomic E-state index is -0.360. The average molecular weight is 312 g/mol. The number of amides is 1. The molecule has 0 bridgehead atoms. The first-order valence-electron chi connectivity index (χ1n) is 7.29. The summed E-state index contributed by atoms with van der Waals surface area (Å²) in [5.74, 6) is 0.442. The molecule has 0 aliphatic carbocycles. The number of aromatic hydroxyl groups is 1. The second kappa shape index (κ2) is 7.45. The largest absolute Gasteiger partial charge is 0.507 e. The van der Waals surface area contributed by atoms with E-state index in [-0.39, 0.29) is 18.3 Å². The Kier molecular flexibility index (Phi) is 5.36. The number of hydrogen-bond donors (Lipinski definition) is 2. The zero-order chi connectivity index (χ0) is 16.8. The van der Waals surface area contributed by atoms with Crippen molar-refractivity contribution in [3.05, 3.63) is 59.2 Å². The fourth-order valence-electron chi connectivity index (χ4n) is 2.04. The van der Waals surface area contributed by atoms with Crippen LogP contribution in [0, 0.1) is 13.8 Å². The van der Waals surface area contributed by atoms with E-state index in [1.807, 2.05) is 32.0 Å². The third kappa shape index (κ3) is 4.32. The molecule has 1 amide bonds. The number of nitrogens with one attached hydrogen (secondary N) is 1. The van der Waals surface area contributed by atoms with Crippen LogP contribution in [0.1, 0.15) is 23.6 Å². The van der Waals surface area contributed by atoms with Crippen LogP contribution in [0.25, 0.3) is 0 Å². The van der Waals surface area contributed by atoms with Gasteiger partial charge in [-0.25, -0.2) is 5.43 Å². The molecule has 0 unspecified atom stereocenters. The highest BCUT2D eigenvalue weighted by Gasteiger charge is 2.07. The molecule has 0 fully saturated rings. The number of rotatable bonds is 5. The maximum absolute atomic E-state index is 11.8. The molecule has 0 atom stereocenters. The Morgan fingerprint density at radius 1 is 1.17 bits per heavy atom. The lowest BCUT2D eigenvalue weighted by Crippen LogP contribution is -2.25. The first kappa shape index (κ1) is 16.5. The van der Waals surface area contributed by atoms with Crippen molar-refractivity contribution < 1.29 is 14.6 Å². The third-order valence-electron chi connectivity index (χ3n) is 3.56. The summed E-state index contributed by atoms with van der Waals surface area (Å²) in [6, 6.07) is 12.5. The second-order valence-corrected chi connectivity index (χ2v) is 5.24. The van der Waals surface area contributed by atoms with Gasteiger partial charge in [0, 0.05) is 5.56 Å². The summed E-state index contributed by atoms with van der Waals surface area (Å²) in [6.45, 7) is 5.52. The molecule has 0 spiro atoms. The quantitative estimate of drug-likeness (QED) is 0.659. The van der Waals surface area contributed by atoms with Gasteiger partial charge in [0.25, 0.3) is 5.91 Å². The molecule has 2 N–H and O–H groups in total. The topological polar surface area (TPSA) is 70.9 Å². The number of benzene rings is 2. The Bertz CT molecular complexity index is 739. The van der Waals surface area contributed by atoms with E-state index in [1.165, 1.54) is 0 Å². The van der Waals surface area contributed by atoms with Crippen molar-refractivity contribution in [3.8, 4) is 11.5 Å². The number of phenolic OH excluding ortho intramolecular Hbond substituents is 1. The Balaban J connectivity index is 1.94. The molecule has 0 saturated carbocycles. The molecule has 0 aliphatic heterocycles. The van der Waals surface area contributed by atoms with Gasteiger partial charge in [-0.2, -0.15) is 5.10 Å². The highest BCUT2D eigenvalue weighted by molar-refractivity contribution is 6.01. The summed E-state index contributed by atoms with van der Waals surface area (Å²) in [7, 11) is 0. The summed E-state index contributed by atoms with van der Waals surface area (Å²) in [4.78, 5) is 11.8. The number of para-hydroxylation sites is 1. The van der Waals surface area contributed by atoms with Gasteiger partial charge in [-0.1, -0.05) is 24.3 Å². The molecular formula is C18H20N2O3.